The van der Waals surface area contributed by atoms with Gasteiger partial charge in [-0.2, -0.15) is 0 Å². The van der Waals surface area contributed by atoms with E-state index in [0.29, 0.717) is 0 Å². The monoisotopic (exact) mass is 821 g/mol. The van der Waals surface area contributed by atoms with Gasteiger partial charge in [0.1, 0.15) is 0 Å². The summed E-state index contributed by atoms with van der Waals surface area (Å²) < 4.78 is 7.41. The summed E-state index contributed by atoms with van der Waals surface area (Å²) in [6.07, 6.45) is 0. The van der Waals surface area contributed by atoms with Gasteiger partial charge in [-0.15, -0.1) is 0 Å². The molecule has 0 unspecified atom stereocenters. The first-order valence-electron chi connectivity index (χ1n) is 22.6. The molecule has 0 amide bonds. The third kappa shape index (κ3) is 4.30. The molecule has 12 aromatic carbocycles. The summed E-state index contributed by atoms with van der Waals surface area (Å²) in [5, 5.41) is 20.7. The third-order valence-electron chi connectivity index (χ3n) is 14.8. The molecule has 3 heteroatoms. The Hall–Kier alpha value is -8.66. The number of nitrogens with zero attached hydrogens (tertiary/aromatic N) is 3. The van der Waals surface area contributed by atoms with Crippen molar-refractivity contribution in [2.45, 2.75) is 0 Å². The Morgan fingerprint density at radius 2 is 0.692 bits per heavy atom. The van der Waals surface area contributed by atoms with Gasteiger partial charge >= 0.3 is 0 Å². The maximum absolute atomic E-state index is 2.48. The lowest BCUT2D eigenvalue weighted by Gasteiger charge is -2.17. The minimum Gasteiger partial charge on any atom is -0.309 e. The minimum atomic E-state index is 1.16. The topological polar surface area (TPSA) is 14.3 Å². The molecule has 0 saturated carbocycles. The first kappa shape index (κ1) is 33.9. The number of benzene rings is 12. The van der Waals surface area contributed by atoms with Crippen LogP contribution in [0.1, 0.15) is 0 Å². The van der Waals surface area contributed by atoms with Crippen LogP contribution in [0.5, 0.6) is 0 Å². The van der Waals surface area contributed by atoms with Gasteiger partial charge in [-0.25, -0.2) is 0 Å². The van der Waals surface area contributed by atoms with Crippen molar-refractivity contribution in [2.24, 2.45) is 0 Å². The van der Waals surface area contributed by atoms with Gasteiger partial charge in [-0.05, 0) is 121 Å². The Kier molecular flexibility index (Phi) is 6.30. The molecule has 4 heterocycles. The quantitative estimate of drug-likeness (QED) is 0.125. The number of para-hydroxylation sites is 4. The maximum atomic E-state index is 2.48. The van der Waals surface area contributed by atoms with Crippen LogP contribution in [0.25, 0.3) is 147 Å². The molecule has 4 aromatic heterocycles. The second-order valence-electron chi connectivity index (χ2n) is 18.0. The van der Waals surface area contributed by atoms with Crippen LogP contribution >= 0.6 is 0 Å². The Morgan fingerprint density at radius 1 is 0.231 bits per heavy atom. The van der Waals surface area contributed by atoms with Crippen molar-refractivity contribution in [3.63, 3.8) is 0 Å². The van der Waals surface area contributed by atoms with E-state index < -0.39 is 0 Å². The molecule has 0 fully saturated rings. The van der Waals surface area contributed by atoms with Crippen molar-refractivity contribution < 1.29 is 0 Å². The molecule has 0 aliphatic rings. The van der Waals surface area contributed by atoms with E-state index in [1.807, 2.05) is 0 Å². The van der Waals surface area contributed by atoms with E-state index in [4.69, 9.17) is 0 Å². The van der Waals surface area contributed by atoms with Gasteiger partial charge < -0.3 is 13.5 Å². The van der Waals surface area contributed by atoms with Crippen molar-refractivity contribution in [1.29, 1.82) is 0 Å². The molecule has 0 aliphatic carbocycles. The fourth-order valence-electron chi connectivity index (χ4n) is 12.2. The molecule has 0 atom stereocenters. The summed E-state index contributed by atoms with van der Waals surface area (Å²) >= 11 is 0. The van der Waals surface area contributed by atoms with E-state index in [9.17, 15) is 0 Å². The van der Waals surface area contributed by atoms with E-state index in [0.717, 1.165) is 5.69 Å². The van der Waals surface area contributed by atoms with Gasteiger partial charge in [0.2, 0.25) is 0 Å². The SMILES string of the molecule is c1cc2cccc3c4cc(-n5c6ccccc6c6cc(-c7ccc8c(c7)c7ccccc7n8-c7ccc8c9cccc%10c%11ccccc%11n(c8c7)c%109)ccc65)cc5cccc(c(c1)c23)c54. The molecular formula is C62H35N3. The van der Waals surface area contributed by atoms with Crippen molar-refractivity contribution in [3.8, 4) is 22.5 Å². The smallest absolute Gasteiger partial charge is 0.0620 e. The summed E-state index contributed by atoms with van der Waals surface area (Å²) in [5.41, 5.74) is 13.4. The zero-order chi connectivity index (χ0) is 42.1. The first-order valence-corrected chi connectivity index (χ1v) is 22.6. The summed E-state index contributed by atoms with van der Waals surface area (Å²) in [5.74, 6) is 0. The molecule has 3 nitrogen and oxygen atoms in total. The lowest BCUT2D eigenvalue weighted by molar-refractivity contribution is 1.18. The van der Waals surface area contributed by atoms with Crippen molar-refractivity contribution in [2.75, 3.05) is 0 Å². The fourth-order valence-corrected chi connectivity index (χ4v) is 12.2. The molecule has 0 saturated heterocycles. The highest BCUT2D eigenvalue weighted by molar-refractivity contribution is 6.33. The van der Waals surface area contributed by atoms with Crippen molar-refractivity contribution in [3.05, 3.63) is 212 Å². The maximum Gasteiger partial charge on any atom is 0.0620 e. The Morgan fingerprint density at radius 3 is 1.34 bits per heavy atom. The molecule has 0 spiro atoms. The lowest BCUT2D eigenvalue weighted by atomic mass is 9.89. The number of hydrogen-bond acceptors (Lipinski definition) is 0. The Labute approximate surface area is 371 Å². The van der Waals surface area contributed by atoms with Gasteiger partial charge in [-0.3, -0.25) is 0 Å². The number of fused-ring (bicyclic) bond motifs is 14. The standard InChI is InChI=1S/C62H35N3/c1-6-24-56-42(14-1)49-20-10-21-50-45-28-27-40(35-59(45)65(56)62(49)50)63-54-22-4-2-15-43(54)51-32-37(25-29-57(51)63)38-26-30-58-52(33-38)44-16-3-5-23-55(44)64(58)41-31-39-13-9-18-47-46-17-7-11-36-12-8-19-48(60(36)46)53(34-41)61(39)47/h1-35H. The molecular weight excluding hydrogens is 787 g/mol. The highest BCUT2D eigenvalue weighted by Crippen LogP contribution is 2.45. The van der Waals surface area contributed by atoms with Crippen LogP contribution < -0.4 is 0 Å². The van der Waals surface area contributed by atoms with E-state index >= 15 is 0 Å². The van der Waals surface area contributed by atoms with E-state index in [2.05, 4.69) is 226 Å². The van der Waals surface area contributed by atoms with E-state index in [-0.39, 0.29) is 0 Å². The minimum absolute atomic E-state index is 1.16. The lowest BCUT2D eigenvalue weighted by Crippen LogP contribution is -1.96. The zero-order valence-electron chi connectivity index (χ0n) is 35.0. The van der Waals surface area contributed by atoms with Crippen LogP contribution in [0.3, 0.4) is 0 Å². The van der Waals surface area contributed by atoms with Gasteiger partial charge in [-0.1, -0.05) is 146 Å². The van der Waals surface area contributed by atoms with Gasteiger partial charge in [0.25, 0.3) is 0 Å². The number of aromatic nitrogens is 3. The second kappa shape index (κ2) is 12.1. The third-order valence-corrected chi connectivity index (χ3v) is 14.8. The Balaban J connectivity index is 0.884. The van der Waals surface area contributed by atoms with Crippen LogP contribution in [0.4, 0.5) is 0 Å². The predicted molar refractivity (Wildman–Crippen MR) is 276 cm³/mol. The van der Waals surface area contributed by atoms with Crippen molar-refractivity contribution in [1.82, 2.24) is 13.5 Å². The van der Waals surface area contributed by atoms with E-state index in [1.54, 1.807) is 0 Å². The number of rotatable bonds is 3. The van der Waals surface area contributed by atoms with Crippen molar-refractivity contribution >= 4 is 125 Å². The largest absolute Gasteiger partial charge is 0.309 e. The normalized spacial score (nSPS) is 12.6. The first-order chi connectivity index (χ1) is 32.2. The second-order valence-corrected chi connectivity index (χ2v) is 18.0. The summed E-state index contributed by atoms with van der Waals surface area (Å²) in [4.78, 5) is 0. The van der Waals surface area contributed by atoms with Crippen LogP contribution in [-0.4, -0.2) is 13.5 Å². The highest BCUT2D eigenvalue weighted by Gasteiger charge is 2.21. The molecule has 16 rings (SSSR count). The summed E-state index contributed by atoms with van der Waals surface area (Å²) in [7, 11) is 0. The van der Waals surface area contributed by atoms with Gasteiger partial charge in [0.15, 0.2) is 0 Å². The molecule has 298 valence electrons. The van der Waals surface area contributed by atoms with E-state index in [1.165, 1.54) is 142 Å². The fraction of sp³-hybridized carbons (Fsp3) is 0. The zero-order valence-corrected chi connectivity index (χ0v) is 35.0. The van der Waals surface area contributed by atoms with Crippen LogP contribution in [0, 0.1) is 0 Å². The van der Waals surface area contributed by atoms with Crippen LogP contribution in [0.2, 0.25) is 0 Å². The average molecular weight is 822 g/mol. The summed E-state index contributed by atoms with van der Waals surface area (Å²) in [6, 6.07) is 79.6. The molecule has 0 bridgehead atoms. The van der Waals surface area contributed by atoms with Crippen LogP contribution in [-0.2, 0) is 0 Å². The average Bonchev–Trinajstić information content (AvgIpc) is 4.09. The van der Waals surface area contributed by atoms with Gasteiger partial charge in [0, 0.05) is 54.5 Å². The highest BCUT2D eigenvalue weighted by atomic mass is 15.0. The molecule has 65 heavy (non-hydrogen) atoms. The molecule has 0 N–H and O–H groups in total. The molecule has 16 aromatic rings. The predicted octanol–water partition coefficient (Wildman–Crippen LogP) is 16.7. The summed E-state index contributed by atoms with van der Waals surface area (Å²) in [6.45, 7) is 0. The van der Waals surface area contributed by atoms with Gasteiger partial charge in [0.05, 0.1) is 38.6 Å². The number of hydrogen-bond donors (Lipinski definition) is 0. The molecule has 0 radical (unpaired) electrons. The molecule has 0 aliphatic heterocycles. The van der Waals surface area contributed by atoms with Crippen LogP contribution in [0.15, 0.2) is 212 Å². The Bertz CT molecular complexity index is 4700.